The van der Waals surface area contributed by atoms with Crippen molar-refractivity contribution in [2.45, 2.75) is 18.9 Å². The van der Waals surface area contributed by atoms with Crippen molar-refractivity contribution < 1.29 is 13.6 Å². The van der Waals surface area contributed by atoms with E-state index in [1.54, 1.807) is 42.6 Å². The minimum absolute atomic E-state index is 0.366. The highest BCUT2D eigenvalue weighted by molar-refractivity contribution is 6.07. The minimum Gasteiger partial charge on any atom is -0.370 e. The molecule has 9 nitrogen and oxygen atoms in total. The molecule has 2 fully saturated rings. The molecule has 2 aromatic carbocycles. The SMILES string of the molecule is C=C(F)C(=O)Nc1cc2c(Nc3ccnc(-c4ccccc4F)c3)ncnc2cc1N1CCC(N2CCN(C)CC2)CC1. The van der Waals surface area contributed by atoms with Crippen molar-refractivity contribution in [3.8, 4) is 11.3 Å². The summed E-state index contributed by atoms with van der Waals surface area (Å²) in [6, 6.07) is 14.1. The zero-order valence-electron chi connectivity index (χ0n) is 24.1. The number of carbonyl (C=O) groups excluding carboxylic acids is 1. The van der Waals surface area contributed by atoms with Crippen LogP contribution in [0, 0.1) is 5.82 Å². The Hall–Kier alpha value is -4.48. The summed E-state index contributed by atoms with van der Waals surface area (Å²) in [6.07, 6.45) is 5.05. The van der Waals surface area contributed by atoms with Crippen LogP contribution in [-0.2, 0) is 4.79 Å². The summed E-state index contributed by atoms with van der Waals surface area (Å²) in [5.41, 5.74) is 3.39. The minimum atomic E-state index is -1.07. The van der Waals surface area contributed by atoms with Gasteiger partial charge in [-0.1, -0.05) is 18.7 Å². The number of anilines is 4. The van der Waals surface area contributed by atoms with Crippen molar-refractivity contribution in [2.24, 2.45) is 0 Å². The number of hydrogen-bond donors (Lipinski definition) is 2. The van der Waals surface area contributed by atoms with Crippen molar-refractivity contribution in [2.75, 3.05) is 61.8 Å². The van der Waals surface area contributed by atoms with Crippen molar-refractivity contribution in [3.05, 3.63) is 79.3 Å². The van der Waals surface area contributed by atoms with Crippen LogP contribution >= 0.6 is 0 Å². The molecule has 0 atom stereocenters. The van der Waals surface area contributed by atoms with E-state index >= 15 is 0 Å². The van der Waals surface area contributed by atoms with Gasteiger partial charge in [0.1, 0.15) is 18.0 Å². The number of fused-ring (bicyclic) bond motifs is 1. The molecule has 0 spiro atoms. The molecule has 1 amide bonds. The van der Waals surface area contributed by atoms with Crippen molar-refractivity contribution in [1.82, 2.24) is 24.8 Å². The lowest BCUT2D eigenvalue weighted by Crippen LogP contribution is -2.52. The summed E-state index contributed by atoms with van der Waals surface area (Å²) in [4.78, 5) is 32.9. The van der Waals surface area contributed by atoms with E-state index in [-0.39, 0.29) is 5.82 Å². The van der Waals surface area contributed by atoms with Crippen LogP contribution in [-0.4, -0.2) is 83.0 Å². The van der Waals surface area contributed by atoms with Gasteiger partial charge < -0.3 is 20.4 Å². The Bertz CT molecular complexity index is 1650. The third-order valence-electron chi connectivity index (χ3n) is 8.28. The van der Waals surface area contributed by atoms with E-state index in [1.165, 1.54) is 12.4 Å². The molecule has 2 N–H and O–H groups in total. The number of nitrogens with one attached hydrogen (secondary N) is 2. The number of pyridine rings is 1. The summed E-state index contributed by atoms with van der Waals surface area (Å²) in [5, 5.41) is 6.61. The largest absolute Gasteiger partial charge is 0.370 e. The average Bonchev–Trinajstić information content (AvgIpc) is 3.02. The Balaban J connectivity index is 1.29. The number of benzene rings is 2. The van der Waals surface area contributed by atoms with Gasteiger partial charge in [-0.25, -0.2) is 18.7 Å². The molecule has 11 heteroatoms. The van der Waals surface area contributed by atoms with Gasteiger partial charge in [-0.15, -0.1) is 0 Å². The Morgan fingerprint density at radius 2 is 1.74 bits per heavy atom. The zero-order valence-corrected chi connectivity index (χ0v) is 24.1. The predicted octanol–water partition coefficient (Wildman–Crippen LogP) is 5.21. The van der Waals surface area contributed by atoms with Crippen LogP contribution in [0.5, 0.6) is 0 Å². The first-order chi connectivity index (χ1) is 20.9. The molecule has 2 saturated heterocycles. The number of aromatic nitrogens is 3. The number of piperazine rings is 1. The predicted molar refractivity (Wildman–Crippen MR) is 166 cm³/mol. The van der Waals surface area contributed by atoms with E-state index < -0.39 is 11.7 Å². The molecule has 0 unspecified atom stereocenters. The van der Waals surface area contributed by atoms with Crippen LogP contribution in [0.25, 0.3) is 22.2 Å². The van der Waals surface area contributed by atoms with Crippen LogP contribution in [0.1, 0.15) is 12.8 Å². The maximum absolute atomic E-state index is 14.4. The second-order valence-corrected chi connectivity index (χ2v) is 11.1. The van der Waals surface area contributed by atoms with Gasteiger partial charge in [-0.05, 0) is 56.3 Å². The molecule has 4 aromatic rings. The quantitative estimate of drug-likeness (QED) is 0.286. The van der Waals surface area contributed by atoms with Crippen LogP contribution in [0.3, 0.4) is 0 Å². The number of amides is 1. The van der Waals surface area contributed by atoms with Gasteiger partial charge in [0.15, 0.2) is 5.83 Å². The molecule has 0 saturated carbocycles. The normalized spacial score (nSPS) is 16.8. The van der Waals surface area contributed by atoms with E-state index in [9.17, 15) is 13.6 Å². The molecule has 4 heterocycles. The number of nitrogens with zero attached hydrogens (tertiary/aromatic N) is 6. The highest BCUT2D eigenvalue weighted by Crippen LogP contribution is 2.36. The topological polar surface area (TPSA) is 89.5 Å². The second kappa shape index (κ2) is 12.4. The van der Waals surface area contributed by atoms with Gasteiger partial charge >= 0.3 is 0 Å². The number of hydrogen-bond acceptors (Lipinski definition) is 8. The van der Waals surface area contributed by atoms with Crippen LogP contribution in [0.4, 0.5) is 31.7 Å². The maximum atomic E-state index is 14.4. The zero-order chi connectivity index (χ0) is 29.9. The van der Waals surface area contributed by atoms with E-state index in [0.717, 1.165) is 57.8 Å². The smallest absolute Gasteiger partial charge is 0.283 e. The highest BCUT2D eigenvalue weighted by Gasteiger charge is 2.28. The molecule has 2 aromatic heterocycles. The van der Waals surface area contributed by atoms with Crippen LogP contribution in [0.15, 0.2) is 73.5 Å². The molecular formula is C32H34F2N8O. The lowest BCUT2D eigenvalue weighted by atomic mass is 10.0. The summed E-state index contributed by atoms with van der Waals surface area (Å²) >= 11 is 0. The number of likely N-dealkylation sites (N-methyl/N-ethyl adjacent to an activating group) is 1. The Morgan fingerprint density at radius 1 is 0.977 bits per heavy atom. The number of piperidine rings is 1. The molecule has 0 bridgehead atoms. The molecule has 222 valence electrons. The molecule has 43 heavy (non-hydrogen) atoms. The van der Waals surface area contributed by atoms with E-state index in [0.29, 0.717) is 45.4 Å². The molecule has 2 aliphatic rings. The maximum Gasteiger partial charge on any atom is 0.283 e. The fraction of sp³-hybridized carbons (Fsp3) is 0.312. The number of rotatable bonds is 7. The van der Waals surface area contributed by atoms with Crippen LogP contribution < -0.4 is 15.5 Å². The Morgan fingerprint density at radius 3 is 2.49 bits per heavy atom. The van der Waals surface area contributed by atoms with E-state index in [4.69, 9.17) is 0 Å². The molecule has 0 aliphatic carbocycles. The van der Waals surface area contributed by atoms with E-state index in [1.807, 2.05) is 6.07 Å². The monoisotopic (exact) mass is 584 g/mol. The summed E-state index contributed by atoms with van der Waals surface area (Å²) < 4.78 is 28.2. The highest BCUT2D eigenvalue weighted by atomic mass is 19.1. The van der Waals surface area contributed by atoms with Crippen molar-refractivity contribution in [1.29, 1.82) is 0 Å². The first-order valence-electron chi connectivity index (χ1n) is 14.5. The van der Waals surface area contributed by atoms with Gasteiger partial charge in [-0.3, -0.25) is 14.7 Å². The van der Waals surface area contributed by atoms with Gasteiger partial charge in [0, 0.05) is 68.1 Å². The number of halogens is 2. The van der Waals surface area contributed by atoms with Crippen molar-refractivity contribution >= 4 is 39.7 Å². The lowest BCUT2D eigenvalue weighted by molar-refractivity contribution is -0.114. The first kappa shape index (κ1) is 28.6. The standard InChI is InChI=1S/C32H34F2N8O/c1-21(33)32(43)39-29-18-25-28(19-30(29)42-11-8-23(9-12-42)41-15-13-40(2)14-16-41)36-20-37-31(25)38-22-7-10-35-27(17-22)24-5-3-4-6-26(24)34/h3-7,10,17-20,23H,1,8-9,11-16H2,2H3,(H,39,43)(H,35,36,37,38). The third kappa shape index (κ3) is 6.32. The molecule has 0 radical (unpaired) electrons. The Labute approximate surface area is 249 Å². The van der Waals surface area contributed by atoms with Gasteiger partial charge in [0.05, 0.1) is 22.6 Å². The second-order valence-electron chi connectivity index (χ2n) is 11.1. The fourth-order valence-electron chi connectivity index (χ4n) is 5.86. The van der Waals surface area contributed by atoms with Gasteiger partial charge in [0.2, 0.25) is 0 Å². The first-order valence-corrected chi connectivity index (χ1v) is 14.5. The van der Waals surface area contributed by atoms with Crippen molar-refractivity contribution in [3.63, 3.8) is 0 Å². The molecular weight excluding hydrogens is 550 g/mol. The third-order valence-corrected chi connectivity index (χ3v) is 8.28. The molecule has 2 aliphatic heterocycles. The Kier molecular flexibility index (Phi) is 8.26. The summed E-state index contributed by atoms with van der Waals surface area (Å²) in [7, 11) is 2.16. The van der Waals surface area contributed by atoms with Gasteiger partial charge in [0.25, 0.3) is 5.91 Å². The summed E-state index contributed by atoms with van der Waals surface area (Å²) in [6.45, 7) is 9.06. The average molecular weight is 585 g/mol. The van der Waals surface area contributed by atoms with Crippen LogP contribution in [0.2, 0.25) is 0 Å². The molecule has 6 rings (SSSR count). The van der Waals surface area contributed by atoms with E-state index in [2.05, 4.69) is 53.9 Å². The fourth-order valence-corrected chi connectivity index (χ4v) is 5.86. The lowest BCUT2D eigenvalue weighted by Gasteiger charge is -2.43. The summed E-state index contributed by atoms with van der Waals surface area (Å²) in [5.74, 6) is -1.86. The van der Waals surface area contributed by atoms with Gasteiger partial charge in [-0.2, -0.15) is 0 Å². The number of carbonyl (C=O) groups is 1.